The van der Waals surface area contributed by atoms with Crippen LogP contribution in [0.3, 0.4) is 0 Å². The van der Waals surface area contributed by atoms with Gasteiger partial charge >= 0.3 is 5.69 Å². The van der Waals surface area contributed by atoms with Gasteiger partial charge in [-0.2, -0.15) is 0 Å². The highest BCUT2D eigenvalue weighted by molar-refractivity contribution is 6.03. The predicted octanol–water partition coefficient (Wildman–Crippen LogP) is 3.07. The zero-order valence-corrected chi connectivity index (χ0v) is 15.7. The Labute approximate surface area is 153 Å². The van der Waals surface area contributed by atoms with Crippen molar-refractivity contribution in [3.05, 3.63) is 52.2 Å². The second-order valence-electron chi connectivity index (χ2n) is 7.33. The van der Waals surface area contributed by atoms with Gasteiger partial charge in [-0.3, -0.25) is 9.36 Å². The third-order valence-electron chi connectivity index (χ3n) is 5.06. The van der Waals surface area contributed by atoms with Crippen molar-refractivity contribution in [3.63, 3.8) is 0 Å². The molecule has 1 fully saturated rings. The van der Waals surface area contributed by atoms with Crippen molar-refractivity contribution in [3.8, 4) is 0 Å². The van der Waals surface area contributed by atoms with Gasteiger partial charge in [-0.15, -0.1) is 0 Å². The van der Waals surface area contributed by atoms with Crippen LogP contribution in [-0.2, 0) is 25.4 Å². The average Bonchev–Trinajstić information content (AvgIpc) is 2.88. The molecule has 1 heterocycles. The molecule has 0 spiro atoms. The van der Waals surface area contributed by atoms with Crippen LogP contribution < -0.4 is 11.0 Å². The van der Waals surface area contributed by atoms with E-state index >= 15 is 0 Å². The lowest BCUT2D eigenvalue weighted by Gasteiger charge is -2.26. The van der Waals surface area contributed by atoms with E-state index in [0.717, 1.165) is 24.3 Å². The molecule has 1 saturated carbocycles. The smallest absolute Gasteiger partial charge is 0.328 e. The van der Waals surface area contributed by atoms with Gasteiger partial charge in [0.15, 0.2) is 0 Å². The van der Waals surface area contributed by atoms with E-state index in [1.165, 1.54) is 28.2 Å². The second kappa shape index (κ2) is 7.91. The zero-order chi connectivity index (χ0) is 18.7. The Bertz CT molecular complexity index is 837. The number of nitrogens with zero attached hydrogens (tertiary/aromatic N) is 2. The first-order valence-electron chi connectivity index (χ1n) is 9.18. The minimum absolute atomic E-state index is 0.223. The van der Waals surface area contributed by atoms with E-state index in [4.69, 9.17) is 4.74 Å². The molecule has 1 aliphatic carbocycles. The third-order valence-corrected chi connectivity index (χ3v) is 5.06. The van der Waals surface area contributed by atoms with Gasteiger partial charge in [-0.1, -0.05) is 31.9 Å². The van der Waals surface area contributed by atoms with Crippen LogP contribution in [-0.4, -0.2) is 21.1 Å². The van der Waals surface area contributed by atoms with E-state index in [1.54, 1.807) is 14.1 Å². The molecule has 140 valence electrons. The Hall–Kier alpha value is -2.34. The maximum Gasteiger partial charge on any atom is 0.328 e. The standard InChI is InChI=1S/C20H27N3O3/c1-14-6-4-9-17(10-14)26-13-15-7-5-8-16(11-15)21-19(24)18-12-22(2)20(25)23(18)3/h5,7-8,11-12,14,17H,4,6,9-10,13H2,1-3H3,(H,21,24). The molecule has 6 nitrogen and oxygen atoms in total. The van der Waals surface area contributed by atoms with Crippen LogP contribution in [0.15, 0.2) is 35.3 Å². The molecule has 3 rings (SSSR count). The number of aryl methyl sites for hydroxylation is 1. The van der Waals surface area contributed by atoms with Crippen molar-refractivity contribution in [1.29, 1.82) is 0 Å². The first-order valence-corrected chi connectivity index (χ1v) is 9.18. The number of carbonyl (C=O) groups excluding carboxylic acids is 1. The quantitative estimate of drug-likeness (QED) is 0.894. The summed E-state index contributed by atoms with van der Waals surface area (Å²) in [6.45, 7) is 2.83. The number of nitrogens with one attached hydrogen (secondary N) is 1. The number of carbonyl (C=O) groups is 1. The molecule has 1 amide bonds. The first-order chi connectivity index (χ1) is 12.4. The SMILES string of the molecule is CC1CCCC(OCc2cccc(NC(=O)c3cn(C)c(=O)n3C)c2)C1. The lowest BCUT2D eigenvalue weighted by molar-refractivity contribution is 0.00468. The minimum Gasteiger partial charge on any atom is -0.374 e. The number of amides is 1. The summed E-state index contributed by atoms with van der Waals surface area (Å²) >= 11 is 0. The fourth-order valence-corrected chi connectivity index (χ4v) is 3.55. The highest BCUT2D eigenvalue weighted by atomic mass is 16.5. The van der Waals surface area contributed by atoms with Gasteiger partial charge in [0, 0.05) is 26.0 Å². The van der Waals surface area contributed by atoms with Gasteiger partial charge in [0.2, 0.25) is 0 Å². The highest BCUT2D eigenvalue weighted by Gasteiger charge is 2.19. The average molecular weight is 357 g/mol. The van der Waals surface area contributed by atoms with Crippen molar-refractivity contribution in [2.45, 2.75) is 45.3 Å². The number of ether oxygens (including phenoxy) is 1. The largest absolute Gasteiger partial charge is 0.374 e. The molecule has 1 aliphatic rings. The normalized spacial score (nSPS) is 20.1. The van der Waals surface area contributed by atoms with Gasteiger partial charge in [0.1, 0.15) is 5.69 Å². The molecular formula is C20H27N3O3. The zero-order valence-electron chi connectivity index (χ0n) is 15.7. The Morgan fingerprint density at radius 1 is 1.31 bits per heavy atom. The topological polar surface area (TPSA) is 65.3 Å². The molecule has 2 unspecified atom stereocenters. The number of anilines is 1. The van der Waals surface area contributed by atoms with Gasteiger partial charge < -0.3 is 14.6 Å². The summed E-state index contributed by atoms with van der Waals surface area (Å²) < 4.78 is 8.79. The van der Waals surface area contributed by atoms with Crippen LogP contribution in [0.4, 0.5) is 5.69 Å². The van der Waals surface area contributed by atoms with Crippen molar-refractivity contribution >= 4 is 11.6 Å². The van der Waals surface area contributed by atoms with E-state index in [0.29, 0.717) is 24.1 Å². The maximum atomic E-state index is 12.4. The molecule has 2 atom stereocenters. The second-order valence-corrected chi connectivity index (χ2v) is 7.33. The van der Waals surface area contributed by atoms with Crippen molar-refractivity contribution < 1.29 is 9.53 Å². The van der Waals surface area contributed by atoms with Crippen LogP contribution in [0, 0.1) is 5.92 Å². The Kier molecular flexibility index (Phi) is 5.61. The molecule has 0 saturated heterocycles. The van der Waals surface area contributed by atoms with E-state index in [1.807, 2.05) is 24.3 Å². The van der Waals surface area contributed by atoms with E-state index < -0.39 is 0 Å². The molecule has 26 heavy (non-hydrogen) atoms. The molecule has 2 aromatic rings. The number of hydrogen-bond donors (Lipinski definition) is 1. The summed E-state index contributed by atoms with van der Waals surface area (Å²) in [7, 11) is 3.22. The number of hydrogen-bond acceptors (Lipinski definition) is 3. The molecule has 1 aromatic carbocycles. The van der Waals surface area contributed by atoms with Gasteiger partial charge in [-0.05, 0) is 36.5 Å². The Balaban J connectivity index is 1.62. The molecule has 0 bridgehead atoms. The van der Waals surface area contributed by atoms with E-state index in [9.17, 15) is 9.59 Å². The summed E-state index contributed by atoms with van der Waals surface area (Å²) in [5.41, 5.74) is 1.83. The van der Waals surface area contributed by atoms with E-state index in [2.05, 4.69) is 12.2 Å². The number of rotatable bonds is 5. The third kappa shape index (κ3) is 4.25. The van der Waals surface area contributed by atoms with Crippen LogP contribution in [0.25, 0.3) is 0 Å². The summed E-state index contributed by atoms with van der Waals surface area (Å²) in [6.07, 6.45) is 6.65. The van der Waals surface area contributed by atoms with Gasteiger partial charge in [-0.25, -0.2) is 4.79 Å². The molecule has 0 radical (unpaired) electrons. The fraction of sp³-hybridized carbons (Fsp3) is 0.500. The highest BCUT2D eigenvalue weighted by Crippen LogP contribution is 2.26. The Morgan fingerprint density at radius 3 is 2.81 bits per heavy atom. The van der Waals surface area contributed by atoms with Gasteiger partial charge in [0.05, 0.1) is 12.7 Å². The molecule has 0 aliphatic heterocycles. The predicted molar refractivity (Wildman–Crippen MR) is 101 cm³/mol. The summed E-state index contributed by atoms with van der Waals surface area (Å²) in [5, 5.41) is 2.86. The number of imidazole rings is 1. The number of benzene rings is 1. The summed E-state index contributed by atoms with van der Waals surface area (Å²) in [4.78, 5) is 24.2. The van der Waals surface area contributed by atoms with Crippen molar-refractivity contribution in [1.82, 2.24) is 9.13 Å². The monoisotopic (exact) mass is 357 g/mol. The summed E-state index contributed by atoms with van der Waals surface area (Å²) in [5.74, 6) is 0.432. The van der Waals surface area contributed by atoms with E-state index in [-0.39, 0.29) is 11.6 Å². The van der Waals surface area contributed by atoms with Crippen molar-refractivity contribution in [2.24, 2.45) is 20.0 Å². The van der Waals surface area contributed by atoms with Crippen LogP contribution in [0.1, 0.15) is 48.7 Å². The fourth-order valence-electron chi connectivity index (χ4n) is 3.55. The summed E-state index contributed by atoms with van der Waals surface area (Å²) in [6, 6.07) is 7.67. The molecule has 1 N–H and O–H groups in total. The molecule has 1 aromatic heterocycles. The lowest BCUT2D eigenvalue weighted by Crippen LogP contribution is -2.23. The van der Waals surface area contributed by atoms with Crippen LogP contribution >= 0.6 is 0 Å². The lowest BCUT2D eigenvalue weighted by atomic mass is 9.89. The maximum absolute atomic E-state index is 12.4. The molecule has 6 heteroatoms. The van der Waals surface area contributed by atoms with Gasteiger partial charge in [0.25, 0.3) is 5.91 Å². The molecular weight excluding hydrogens is 330 g/mol. The Morgan fingerprint density at radius 2 is 2.12 bits per heavy atom. The van der Waals surface area contributed by atoms with Crippen LogP contribution in [0.2, 0.25) is 0 Å². The van der Waals surface area contributed by atoms with Crippen molar-refractivity contribution in [2.75, 3.05) is 5.32 Å². The first kappa shape index (κ1) is 18.5. The number of aromatic nitrogens is 2. The minimum atomic E-state index is -0.302. The van der Waals surface area contributed by atoms with Crippen LogP contribution in [0.5, 0.6) is 0 Å².